The predicted molar refractivity (Wildman–Crippen MR) is 95.1 cm³/mol. The van der Waals surface area contributed by atoms with Crippen LogP contribution in [0.25, 0.3) is 0 Å². The molecule has 2 fully saturated rings. The second-order valence-corrected chi connectivity index (χ2v) is 7.07. The first-order valence-electron chi connectivity index (χ1n) is 9.06. The van der Waals surface area contributed by atoms with E-state index in [1.54, 1.807) is 0 Å². The summed E-state index contributed by atoms with van der Waals surface area (Å²) in [6.07, 6.45) is 2.00. The number of hydrogen-bond donors (Lipinski definition) is 2. The van der Waals surface area contributed by atoms with Crippen LogP contribution in [0, 0.1) is 5.92 Å². The van der Waals surface area contributed by atoms with E-state index >= 15 is 0 Å². The lowest BCUT2D eigenvalue weighted by Crippen LogP contribution is -2.47. The summed E-state index contributed by atoms with van der Waals surface area (Å²) < 4.78 is 5.63. The van der Waals surface area contributed by atoms with Crippen molar-refractivity contribution < 1.29 is 9.53 Å². The van der Waals surface area contributed by atoms with Crippen molar-refractivity contribution >= 4 is 6.03 Å². The molecule has 132 valence electrons. The molecular formula is C19H29N3O2. The SMILES string of the molecule is CC[C@@H]1OCC[C@H]1NC(=O)NC[C@@H]1CN(C)C[C@H]1c1ccccc1. The first-order valence-corrected chi connectivity index (χ1v) is 9.06. The smallest absolute Gasteiger partial charge is 0.315 e. The largest absolute Gasteiger partial charge is 0.376 e. The maximum absolute atomic E-state index is 12.3. The van der Waals surface area contributed by atoms with Gasteiger partial charge in [0.2, 0.25) is 0 Å². The first-order chi connectivity index (χ1) is 11.7. The van der Waals surface area contributed by atoms with E-state index in [1.807, 2.05) is 0 Å². The number of urea groups is 1. The monoisotopic (exact) mass is 331 g/mol. The summed E-state index contributed by atoms with van der Waals surface area (Å²) in [6.45, 7) is 5.62. The van der Waals surface area contributed by atoms with Gasteiger partial charge in [-0.15, -0.1) is 0 Å². The molecule has 1 aromatic rings. The van der Waals surface area contributed by atoms with Gasteiger partial charge in [-0.25, -0.2) is 4.79 Å². The molecule has 1 aromatic carbocycles. The van der Waals surface area contributed by atoms with Crippen molar-refractivity contribution in [1.82, 2.24) is 15.5 Å². The molecule has 0 spiro atoms. The summed E-state index contributed by atoms with van der Waals surface area (Å²) in [7, 11) is 2.15. The third-order valence-corrected chi connectivity index (χ3v) is 5.30. The summed E-state index contributed by atoms with van der Waals surface area (Å²) in [4.78, 5) is 14.6. The molecular weight excluding hydrogens is 302 g/mol. The number of hydrogen-bond acceptors (Lipinski definition) is 3. The lowest BCUT2D eigenvalue weighted by molar-refractivity contribution is 0.0965. The number of likely N-dealkylation sites (N-methyl/N-ethyl adjacent to an activating group) is 1. The summed E-state index contributed by atoms with van der Waals surface area (Å²) in [6, 6.07) is 10.7. The minimum Gasteiger partial charge on any atom is -0.376 e. The van der Waals surface area contributed by atoms with Gasteiger partial charge in [-0.05, 0) is 31.4 Å². The zero-order valence-corrected chi connectivity index (χ0v) is 14.7. The zero-order chi connectivity index (χ0) is 16.9. The van der Waals surface area contributed by atoms with Crippen molar-refractivity contribution in [3.05, 3.63) is 35.9 Å². The van der Waals surface area contributed by atoms with E-state index in [0.717, 1.165) is 32.5 Å². The summed E-state index contributed by atoms with van der Waals surface area (Å²) in [5.41, 5.74) is 1.37. The maximum Gasteiger partial charge on any atom is 0.315 e. The summed E-state index contributed by atoms with van der Waals surface area (Å²) >= 11 is 0. The molecule has 2 heterocycles. The van der Waals surface area contributed by atoms with Crippen LogP contribution in [-0.4, -0.2) is 56.4 Å². The fourth-order valence-electron chi connectivity index (χ4n) is 4.03. The molecule has 24 heavy (non-hydrogen) atoms. The van der Waals surface area contributed by atoms with E-state index < -0.39 is 0 Å². The molecule has 0 aromatic heterocycles. The maximum atomic E-state index is 12.3. The van der Waals surface area contributed by atoms with Crippen molar-refractivity contribution in [2.24, 2.45) is 5.92 Å². The van der Waals surface area contributed by atoms with Crippen LogP contribution in [0.3, 0.4) is 0 Å². The Kier molecular flexibility index (Phi) is 5.74. The summed E-state index contributed by atoms with van der Waals surface area (Å²) in [5, 5.41) is 6.17. The normalized spacial score (nSPS) is 30.4. The Morgan fingerprint density at radius 1 is 1.29 bits per heavy atom. The van der Waals surface area contributed by atoms with Crippen molar-refractivity contribution in [2.45, 2.75) is 37.8 Å². The Bertz CT molecular complexity index is 537. The molecule has 0 saturated carbocycles. The van der Waals surface area contributed by atoms with Crippen LogP contribution in [0.15, 0.2) is 30.3 Å². The lowest BCUT2D eigenvalue weighted by atomic mass is 9.89. The highest BCUT2D eigenvalue weighted by molar-refractivity contribution is 5.74. The van der Waals surface area contributed by atoms with E-state index in [4.69, 9.17) is 4.74 Å². The molecule has 0 unspecified atom stereocenters. The highest BCUT2D eigenvalue weighted by atomic mass is 16.5. The quantitative estimate of drug-likeness (QED) is 0.870. The van der Waals surface area contributed by atoms with E-state index in [2.05, 4.69) is 59.8 Å². The van der Waals surface area contributed by atoms with E-state index in [1.165, 1.54) is 5.56 Å². The Labute approximate surface area is 144 Å². The lowest BCUT2D eigenvalue weighted by Gasteiger charge is -2.22. The molecule has 4 atom stereocenters. The number of ether oxygens (including phenoxy) is 1. The molecule has 2 saturated heterocycles. The van der Waals surface area contributed by atoms with E-state index in [0.29, 0.717) is 18.4 Å². The molecule has 5 heteroatoms. The van der Waals surface area contributed by atoms with Gasteiger partial charge >= 0.3 is 6.03 Å². The Morgan fingerprint density at radius 3 is 2.83 bits per heavy atom. The molecule has 2 amide bonds. The van der Waals surface area contributed by atoms with Gasteiger partial charge in [0.15, 0.2) is 0 Å². The highest BCUT2D eigenvalue weighted by Crippen LogP contribution is 2.31. The van der Waals surface area contributed by atoms with Crippen LogP contribution in [0.4, 0.5) is 4.79 Å². The Morgan fingerprint density at radius 2 is 2.08 bits per heavy atom. The highest BCUT2D eigenvalue weighted by Gasteiger charge is 2.33. The van der Waals surface area contributed by atoms with Gasteiger partial charge in [-0.3, -0.25) is 0 Å². The minimum atomic E-state index is -0.0645. The second-order valence-electron chi connectivity index (χ2n) is 7.07. The molecule has 2 N–H and O–H groups in total. The van der Waals surface area contributed by atoms with Gasteiger partial charge in [0.05, 0.1) is 12.1 Å². The molecule has 2 aliphatic heterocycles. The summed E-state index contributed by atoms with van der Waals surface area (Å²) in [5.74, 6) is 0.930. The number of likely N-dealkylation sites (tertiary alicyclic amines) is 1. The second kappa shape index (κ2) is 7.99. The van der Waals surface area contributed by atoms with Crippen molar-refractivity contribution in [3.63, 3.8) is 0 Å². The van der Waals surface area contributed by atoms with Crippen LogP contribution in [0.1, 0.15) is 31.2 Å². The molecule has 0 bridgehead atoms. The van der Waals surface area contributed by atoms with Crippen LogP contribution in [-0.2, 0) is 4.74 Å². The number of benzene rings is 1. The van der Waals surface area contributed by atoms with Crippen LogP contribution in [0.5, 0.6) is 0 Å². The molecule has 0 aliphatic carbocycles. The number of carbonyl (C=O) groups excluding carboxylic acids is 1. The first kappa shape index (κ1) is 17.2. The fraction of sp³-hybridized carbons (Fsp3) is 0.632. The van der Waals surface area contributed by atoms with Gasteiger partial charge in [-0.1, -0.05) is 37.3 Å². The van der Waals surface area contributed by atoms with Crippen LogP contribution < -0.4 is 10.6 Å². The van der Waals surface area contributed by atoms with Crippen molar-refractivity contribution in [2.75, 3.05) is 33.3 Å². The molecule has 2 aliphatic rings. The number of amides is 2. The number of nitrogens with zero attached hydrogens (tertiary/aromatic N) is 1. The van der Waals surface area contributed by atoms with Gasteiger partial charge in [0, 0.05) is 32.2 Å². The molecule has 0 radical (unpaired) electrons. The average Bonchev–Trinajstić information content (AvgIpc) is 3.19. The van der Waals surface area contributed by atoms with Crippen LogP contribution >= 0.6 is 0 Å². The van der Waals surface area contributed by atoms with Gasteiger partial charge in [0.1, 0.15) is 0 Å². The molecule has 5 nitrogen and oxygen atoms in total. The van der Waals surface area contributed by atoms with E-state index in [-0.39, 0.29) is 18.2 Å². The fourth-order valence-corrected chi connectivity index (χ4v) is 4.03. The average molecular weight is 331 g/mol. The van der Waals surface area contributed by atoms with Gasteiger partial charge in [-0.2, -0.15) is 0 Å². The van der Waals surface area contributed by atoms with Crippen molar-refractivity contribution in [1.29, 1.82) is 0 Å². The van der Waals surface area contributed by atoms with Gasteiger partial charge < -0.3 is 20.3 Å². The third kappa shape index (κ3) is 4.08. The topological polar surface area (TPSA) is 53.6 Å². The van der Waals surface area contributed by atoms with Crippen LogP contribution in [0.2, 0.25) is 0 Å². The zero-order valence-electron chi connectivity index (χ0n) is 14.7. The third-order valence-electron chi connectivity index (χ3n) is 5.30. The number of rotatable bonds is 5. The molecule has 3 rings (SSSR count). The number of nitrogens with one attached hydrogen (secondary N) is 2. The van der Waals surface area contributed by atoms with Crippen molar-refractivity contribution in [3.8, 4) is 0 Å². The van der Waals surface area contributed by atoms with Gasteiger partial charge in [0.25, 0.3) is 0 Å². The van der Waals surface area contributed by atoms with E-state index in [9.17, 15) is 4.79 Å². The minimum absolute atomic E-state index is 0.0645. The number of carbonyl (C=O) groups is 1. The predicted octanol–water partition coefficient (Wildman–Crippen LogP) is 2.20. The Hall–Kier alpha value is -1.59. The standard InChI is InChI=1S/C19H29N3O2/c1-3-18-17(9-10-24-18)21-19(23)20-11-15-12-22(2)13-16(15)14-7-5-4-6-8-14/h4-8,15-18H,3,9-13H2,1-2H3,(H2,20,21,23)/t15-,16+,17-,18+/m1/s1. The Balaban J connectivity index is 1.52.